The Morgan fingerprint density at radius 3 is 2.17 bits per heavy atom. The van der Waals surface area contributed by atoms with Crippen LogP contribution in [0.5, 0.6) is 0 Å². The van der Waals surface area contributed by atoms with E-state index in [1.165, 1.54) is 16.4 Å². The van der Waals surface area contributed by atoms with Gasteiger partial charge >= 0.3 is 6.03 Å². The van der Waals surface area contributed by atoms with Crippen molar-refractivity contribution in [1.82, 2.24) is 19.5 Å². The van der Waals surface area contributed by atoms with Crippen molar-refractivity contribution in [2.24, 2.45) is 0 Å². The van der Waals surface area contributed by atoms with Crippen LogP contribution in [-0.2, 0) is 16.6 Å². The smallest absolute Gasteiger partial charge is 0.319 e. The number of nitrogens with zero attached hydrogens (tertiary/aromatic N) is 3. The molecule has 8 nitrogen and oxygen atoms in total. The third-order valence-corrected chi connectivity index (χ3v) is 7.05. The summed E-state index contributed by atoms with van der Waals surface area (Å²) in [6.45, 7) is 9.14. The monoisotopic (exact) mass is 431 g/mol. The molecular weight excluding hydrogens is 402 g/mol. The van der Waals surface area contributed by atoms with Crippen LogP contribution in [-0.4, -0.2) is 60.4 Å². The molecular formula is C21H29N5O3S. The van der Waals surface area contributed by atoms with E-state index in [-0.39, 0.29) is 16.5 Å². The van der Waals surface area contributed by atoms with Crippen molar-refractivity contribution < 1.29 is 13.2 Å². The van der Waals surface area contributed by atoms with Gasteiger partial charge in [0.15, 0.2) is 0 Å². The number of benzene rings is 1. The van der Waals surface area contributed by atoms with Crippen molar-refractivity contribution in [3.05, 3.63) is 54.4 Å². The lowest BCUT2D eigenvalue weighted by molar-refractivity contribution is 0.0922. The average molecular weight is 432 g/mol. The van der Waals surface area contributed by atoms with Crippen molar-refractivity contribution in [2.75, 3.05) is 31.5 Å². The Kier molecular flexibility index (Phi) is 6.74. The zero-order valence-electron chi connectivity index (χ0n) is 17.6. The van der Waals surface area contributed by atoms with Gasteiger partial charge < -0.3 is 10.6 Å². The first-order chi connectivity index (χ1) is 14.2. The summed E-state index contributed by atoms with van der Waals surface area (Å²) in [4.78, 5) is 18.5. The molecule has 162 valence electrons. The number of urea groups is 1. The van der Waals surface area contributed by atoms with Gasteiger partial charge in [0, 0.05) is 56.3 Å². The maximum Gasteiger partial charge on any atom is 0.319 e. The van der Waals surface area contributed by atoms with Crippen molar-refractivity contribution in [2.45, 2.75) is 37.8 Å². The average Bonchev–Trinajstić information content (AvgIpc) is 2.73. The Morgan fingerprint density at radius 2 is 1.60 bits per heavy atom. The van der Waals surface area contributed by atoms with Crippen molar-refractivity contribution >= 4 is 21.7 Å². The van der Waals surface area contributed by atoms with Crippen LogP contribution in [0.1, 0.15) is 26.3 Å². The molecule has 2 N–H and O–H groups in total. The SMILES string of the molecule is CC(C)(C)N1CCN(S(=O)(=O)c2ccc(NC(=O)NCc3ccncc3)cc2)CC1. The molecule has 0 atom stereocenters. The van der Waals surface area contributed by atoms with E-state index in [2.05, 4.69) is 41.3 Å². The van der Waals surface area contributed by atoms with Gasteiger partial charge in [-0.15, -0.1) is 0 Å². The van der Waals surface area contributed by atoms with Crippen LogP contribution in [0.3, 0.4) is 0 Å². The first-order valence-corrected chi connectivity index (χ1v) is 11.4. The lowest BCUT2D eigenvalue weighted by atomic mass is 10.1. The summed E-state index contributed by atoms with van der Waals surface area (Å²) in [6, 6.07) is 9.55. The molecule has 0 saturated carbocycles. The number of carbonyl (C=O) groups excluding carboxylic acids is 1. The summed E-state index contributed by atoms with van der Waals surface area (Å²) < 4.78 is 27.4. The van der Waals surface area contributed by atoms with E-state index in [0.717, 1.165) is 5.56 Å². The molecule has 2 heterocycles. The fourth-order valence-electron chi connectivity index (χ4n) is 3.32. The Bertz CT molecular complexity index is 948. The standard InChI is InChI=1S/C21H29N5O3S/c1-21(2,3)25-12-14-26(15-13-25)30(28,29)19-6-4-18(5-7-19)24-20(27)23-16-17-8-10-22-11-9-17/h4-11H,12-16H2,1-3H3,(H2,23,24,27). The van der Waals surface area contributed by atoms with Crippen LogP contribution in [0.25, 0.3) is 0 Å². The summed E-state index contributed by atoms with van der Waals surface area (Å²) in [5.41, 5.74) is 1.49. The van der Waals surface area contributed by atoms with Crippen LogP contribution >= 0.6 is 0 Å². The number of hydrogen-bond acceptors (Lipinski definition) is 5. The highest BCUT2D eigenvalue weighted by molar-refractivity contribution is 7.89. The van der Waals surface area contributed by atoms with Crippen molar-refractivity contribution in [1.29, 1.82) is 0 Å². The number of amides is 2. The fourth-order valence-corrected chi connectivity index (χ4v) is 4.74. The second-order valence-corrected chi connectivity index (χ2v) is 10.2. The topological polar surface area (TPSA) is 94.6 Å². The van der Waals surface area contributed by atoms with Gasteiger partial charge in [-0.25, -0.2) is 13.2 Å². The number of nitrogens with one attached hydrogen (secondary N) is 2. The predicted molar refractivity (Wildman–Crippen MR) is 117 cm³/mol. The molecule has 1 fully saturated rings. The van der Waals surface area contributed by atoms with Gasteiger partial charge in [0.1, 0.15) is 0 Å². The number of anilines is 1. The number of aromatic nitrogens is 1. The van der Waals surface area contributed by atoms with Gasteiger partial charge in [0.05, 0.1) is 4.90 Å². The predicted octanol–water partition coefficient (Wildman–Crippen LogP) is 2.51. The Hall–Kier alpha value is -2.49. The number of carbonyl (C=O) groups is 1. The quantitative estimate of drug-likeness (QED) is 0.759. The highest BCUT2D eigenvalue weighted by atomic mass is 32.2. The van der Waals surface area contributed by atoms with Gasteiger partial charge in [-0.05, 0) is 62.7 Å². The first-order valence-electron chi connectivity index (χ1n) is 9.95. The van der Waals surface area contributed by atoms with E-state index in [4.69, 9.17) is 0 Å². The zero-order chi connectivity index (χ0) is 21.8. The van der Waals surface area contributed by atoms with E-state index < -0.39 is 10.0 Å². The van der Waals surface area contributed by atoms with Crippen LogP contribution in [0, 0.1) is 0 Å². The van der Waals surface area contributed by atoms with E-state index >= 15 is 0 Å². The van der Waals surface area contributed by atoms with Gasteiger partial charge in [-0.2, -0.15) is 4.31 Å². The van der Waals surface area contributed by atoms with Gasteiger partial charge in [-0.1, -0.05) is 0 Å². The second-order valence-electron chi connectivity index (χ2n) is 8.25. The molecule has 1 aliphatic heterocycles. The molecule has 2 aromatic rings. The number of sulfonamides is 1. The van der Waals surface area contributed by atoms with E-state index in [1.807, 2.05) is 12.1 Å². The first kappa shape index (κ1) is 22.2. The van der Waals surface area contributed by atoms with Crippen LogP contribution in [0.4, 0.5) is 10.5 Å². The Labute approximate surface area is 178 Å². The van der Waals surface area contributed by atoms with E-state index in [1.54, 1.807) is 24.5 Å². The number of rotatable bonds is 5. The highest BCUT2D eigenvalue weighted by Crippen LogP contribution is 2.22. The van der Waals surface area contributed by atoms with Gasteiger partial charge in [-0.3, -0.25) is 9.88 Å². The minimum atomic E-state index is -3.55. The molecule has 0 radical (unpaired) electrons. The molecule has 1 saturated heterocycles. The summed E-state index contributed by atoms with van der Waals surface area (Å²) in [7, 11) is -3.55. The third kappa shape index (κ3) is 5.56. The molecule has 0 aliphatic carbocycles. The van der Waals surface area contributed by atoms with Crippen molar-refractivity contribution in [3.63, 3.8) is 0 Å². The lowest BCUT2D eigenvalue weighted by Crippen LogP contribution is -2.54. The number of hydrogen-bond donors (Lipinski definition) is 2. The summed E-state index contributed by atoms with van der Waals surface area (Å²) in [6.07, 6.45) is 3.33. The number of pyridine rings is 1. The number of piperazine rings is 1. The zero-order valence-corrected chi connectivity index (χ0v) is 18.4. The third-order valence-electron chi connectivity index (χ3n) is 5.14. The normalized spacial score (nSPS) is 16.2. The van der Waals surface area contributed by atoms with Crippen molar-refractivity contribution in [3.8, 4) is 0 Å². The molecule has 2 amide bonds. The summed E-state index contributed by atoms with van der Waals surface area (Å²) in [5, 5.41) is 5.46. The Morgan fingerprint density at radius 1 is 1.00 bits per heavy atom. The summed E-state index contributed by atoms with van der Waals surface area (Å²) >= 11 is 0. The minimum absolute atomic E-state index is 0.0289. The Balaban J connectivity index is 1.56. The lowest BCUT2D eigenvalue weighted by Gasteiger charge is -2.41. The van der Waals surface area contributed by atoms with Crippen LogP contribution in [0.2, 0.25) is 0 Å². The largest absolute Gasteiger partial charge is 0.334 e. The fraction of sp³-hybridized carbons (Fsp3) is 0.429. The minimum Gasteiger partial charge on any atom is -0.334 e. The van der Waals surface area contributed by atoms with E-state index in [0.29, 0.717) is 38.4 Å². The van der Waals surface area contributed by atoms with E-state index in [9.17, 15) is 13.2 Å². The van der Waals surface area contributed by atoms with Crippen LogP contribution < -0.4 is 10.6 Å². The molecule has 1 aliphatic rings. The van der Waals surface area contributed by atoms with Gasteiger partial charge in [0.2, 0.25) is 10.0 Å². The maximum absolute atomic E-state index is 12.9. The second kappa shape index (κ2) is 9.11. The molecule has 1 aromatic heterocycles. The molecule has 0 bridgehead atoms. The molecule has 30 heavy (non-hydrogen) atoms. The summed E-state index contributed by atoms with van der Waals surface area (Å²) in [5.74, 6) is 0. The maximum atomic E-state index is 12.9. The molecule has 0 unspecified atom stereocenters. The molecule has 1 aromatic carbocycles. The molecule has 9 heteroatoms. The highest BCUT2D eigenvalue weighted by Gasteiger charge is 2.32. The molecule has 3 rings (SSSR count). The van der Waals surface area contributed by atoms with Gasteiger partial charge in [0.25, 0.3) is 0 Å². The van der Waals surface area contributed by atoms with Crippen LogP contribution in [0.15, 0.2) is 53.7 Å². The molecule has 0 spiro atoms.